The summed E-state index contributed by atoms with van der Waals surface area (Å²) in [5.74, 6) is 0. The number of benzene rings is 9. The van der Waals surface area contributed by atoms with Gasteiger partial charge in [-0.1, -0.05) is 146 Å². The van der Waals surface area contributed by atoms with Crippen molar-refractivity contribution >= 4 is 81.1 Å². The molecule has 0 saturated carbocycles. The lowest BCUT2D eigenvalue weighted by Gasteiger charge is -2.27. The Morgan fingerprint density at radius 2 is 1.02 bits per heavy atom. The highest BCUT2D eigenvalue weighted by Gasteiger charge is 2.20. The molecule has 11 aromatic rings. The number of fused-ring (bicyclic) bond motifs is 7. The predicted molar refractivity (Wildman–Crippen MR) is 238 cm³/mol. The van der Waals surface area contributed by atoms with Crippen LogP contribution in [0.15, 0.2) is 200 Å². The maximum Gasteiger partial charge on any atom is 0.0973 e. The fourth-order valence-electron chi connectivity index (χ4n) is 8.20. The van der Waals surface area contributed by atoms with E-state index in [9.17, 15) is 0 Å². The maximum atomic E-state index is 5.36. The molecule has 3 nitrogen and oxygen atoms in total. The first kappa shape index (κ1) is 32.3. The third kappa shape index (κ3) is 5.42. The molecule has 0 aliphatic rings. The summed E-state index contributed by atoms with van der Waals surface area (Å²) in [6.45, 7) is 0. The highest BCUT2D eigenvalue weighted by molar-refractivity contribution is 7.25. The first-order chi connectivity index (χ1) is 27.8. The van der Waals surface area contributed by atoms with Crippen molar-refractivity contribution in [2.75, 3.05) is 4.90 Å². The van der Waals surface area contributed by atoms with E-state index in [4.69, 9.17) is 9.97 Å². The highest BCUT2D eigenvalue weighted by Crippen LogP contribution is 2.45. The lowest BCUT2D eigenvalue weighted by Crippen LogP contribution is -2.10. The molecule has 0 radical (unpaired) electrons. The largest absolute Gasteiger partial charge is 0.310 e. The molecule has 0 aliphatic carbocycles. The lowest BCUT2D eigenvalue weighted by molar-refractivity contribution is 1.30. The molecule has 0 amide bonds. The van der Waals surface area contributed by atoms with Gasteiger partial charge in [0.2, 0.25) is 0 Å². The molecule has 56 heavy (non-hydrogen) atoms. The number of thiophene rings is 1. The van der Waals surface area contributed by atoms with Crippen molar-refractivity contribution in [3.8, 4) is 33.6 Å². The molecule has 0 atom stereocenters. The first-order valence-corrected chi connectivity index (χ1v) is 19.7. The predicted octanol–water partition coefficient (Wildman–Crippen LogP) is 14.8. The van der Waals surface area contributed by atoms with Crippen molar-refractivity contribution in [2.45, 2.75) is 0 Å². The van der Waals surface area contributed by atoms with Crippen molar-refractivity contribution in [1.82, 2.24) is 9.97 Å². The monoisotopic (exact) mass is 731 g/mol. The number of hydrogen-bond donors (Lipinski definition) is 0. The Morgan fingerprint density at radius 3 is 1.79 bits per heavy atom. The molecular formula is C52H33N3S. The standard InChI is InChI=1S/C52H33N3S/c1-4-14-34(15-5-1)50-51(35-16-6-2-7-17-35)54-52-41-27-24-36(32-37(41)25-29-46(52)53-50)40-28-30-47(43-21-11-10-20-42(40)43)55(38-18-8-3-9-19-38)39-26-31-49-45(33-39)44-22-12-13-23-48(44)56-49/h1-33H. The fourth-order valence-corrected chi connectivity index (χ4v) is 9.28. The Labute approximate surface area is 328 Å². The molecule has 9 aromatic carbocycles. The molecule has 0 bridgehead atoms. The molecular weight excluding hydrogens is 699 g/mol. The lowest BCUT2D eigenvalue weighted by atomic mass is 9.94. The van der Waals surface area contributed by atoms with Gasteiger partial charge in [-0.15, -0.1) is 11.3 Å². The van der Waals surface area contributed by atoms with E-state index in [2.05, 4.69) is 193 Å². The van der Waals surface area contributed by atoms with E-state index in [-0.39, 0.29) is 0 Å². The number of nitrogens with zero attached hydrogens (tertiary/aromatic N) is 3. The highest BCUT2D eigenvalue weighted by atomic mass is 32.1. The normalized spacial score (nSPS) is 11.6. The van der Waals surface area contributed by atoms with Crippen LogP contribution in [0.3, 0.4) is 0 Å². The Balaban J connectivity index is 1.06. The minimum Gasteiger partial charge on any atom is -0.310 e. The topological polar surface area (TPSA) is 29.0 Å². The van der Waals surface area contributed by atoms with Gasteiger partial charge in [0, 0.05) is 53.4 Å². The van der Waals surface area contributed by atoms with Crippen LogP contribution in [0.5, 0.6) is 0 Å². The van der Waals surface area contributed by atoms with Gasteiger partial charge in [-0.25, -0.2) is 9.97 Å². The zero-order valence-corrected chi connectivity index (χ0v) is 31.1. The van der Waals surface area contributed by atoms with Gasteiger partial charge < -0.3 is 4.90 Å². The third-order valence-corrected chi connectivity index (χ3v) is 12.0. The van der Waals surface area contributed by atoms with Gasteiger partial charge in [0.15, 0.2) is 0 Å². The average Bonchev–Trinajstić information content (AvgIpc) is 3.65. The number of para-hydroxylation sites is 1. The van der Waals surface area contributed by atoms with Crippen molar-refractivity contribution in [3.63, 3.8) is 0 Å². The number of rotatable bonds is 6. The zero-order valence-electron chi connectivity index (χ0n) is 30.3. The Bertz CT molecular complexity index is 3250. The summed E-state index contributed by atoms with van der Waals surface area (Å²) in [6.07, 6.45) is 0. The van der Waals surface area contributed by atoms with Gasteiger partial charge in [0.1, 0.15) is 0 Å². The van der Waals surface area contributed by atoms with E-state index in [0.717, 1.165) is 66.9 Å². The zero-order chi connectivity index (χ0) is 37.0. The molecule has 0 aliphatic heterocycles. The first-order valence-electron chi connectivity index (χ1n) is 18.9. The number of anilines is 3. The maximum absolute atomic E-state index is 5.36. The molecule has 262 valence electrons. The summed E-state index contributed by atoms with van der Waals surface area (Å²) in [6, 6.07) is 71.5. The molecule has 0 saturated heterocycles. The average molecular weight is 732 g/mol. The van der Waals surface area contributed by atoms with E-state index >= 15 is 0 Å². The van der Waals surface area contributed by atoms with Gasteiger partial charge in [0.05, 0.1) is 28.1 Å². The summed E-state index contributed by atoms with van der Waals surface area (Å²) in [5.41, 5.74) is 11.4. The summed E-state index contributed by atoms with van der Waals surface area (Å²) in [5, 5.41) is 7.19. The second kappa shape index (κ2) is 13.3. The van der Waals surface area contributed by atoms with Gasteiger partial charge >= 0.3 is 0 Å². The fraction of sp³-hybridized carbons (Fsp3) is 0. The molecule has 0 fully saturated rings. The smallest absolute Gasteiger partial charge is 0.0973 e. The van der Waals surface area contributed by atoms with Crippen LogP contribution in [-0.4, -0.2) is 9.97 Å². The molecule has 2 heterocycles. The second-order valence-corrected chi connectivity index (χ2v) is 15.2. The van der Waals surface area contributed by atoms with E-state index in [1.807, 2.05) is 23.5 Å². The Kier molecular flexibility index (Phi) is 7.68. The number of hydrogen-bond acceptors (Lipinski definition) is 4. The van der Waals surface area contributed by atoms with Crippen molar-refractivity contribution in [3.05, 3.63) is 200 Å². The summed E-state index contributed by atoms with van der Waals surface area (Å²) in [7, 11) is 0. The van der Waals surface area contributed by atoms with Crippen LogP contribution in [0, 0.1) is 0 Å². The third-order valence-electron chi connectivity index (χ3n) is 10.8. The van der Waals surface area contributed by atoms with Crippen LogP contribution in [0.25, 0.3) is 86.4 Å². The van der Waals surface area contributed by atoms with Crippen LogP contribution in [0.1, 0.15) is 0 Å². The molecule has 0 unspecified atom stereocenters. The van der Waals surface area contributed by atoms with E-state index in [0.29, 0.717) is 0 Å². The molecule has 0 N–H and O–H groups in total. The van der Waals surface area contributed by atoms with Crippen LogP contribution in [-0.2, 0) is 0 Å². The van der Waals surface area contributed by atoms with Crippen LogP contribution in [0.4, 0.5) is 17.1 Å². The minimum absolute atomic E-state index is 0.883. The summed E-state index contributed by atoms with van der Waals surface area (Å²) >= 11 is 1.85. The SMILES string of the molecule is c1ccc(-c2nc3ccc4cc(-c5ccc(N(c6ccccc6)c6ccc7sc8ccccc8c7c6)c6ccccc56)ccc4c3nc2-c2ccccc2)cc1. The minimum atomic E-state index is 0.883. The van der Waals surface area contributed by atoms with Crippen LogP contribution < -0.4 is 4.90 Å². The van der Waals surface area contributed by atoms with E-state index < -0.39 is 0 Å². The molecule has 11 rings (SSSR count). The Hall–Kier alpha value is -7.14. The van der Waals surface area contributed by atoms with Gasteiger partial charge in [-0.2, -0.15) is 0 Å². The quantitative estimate of drug-likeness (QED) is 0.159. The van der Waals surface area contributed by atoms with Gasteiger partial charge in [0.25, 0.3) is 0 Å². The Morgan fingerprint density at radius 1 is 0.375 bits per heavy atom. The molecule has 0 spiro atoms. The van der Waals surface area contributed by atoms with Gasteiger partial charge in [-0.3, -0.25) is 0 Å². The van der Waals surface area contributed by atoms with Crippen molar-refractivity contribution < 1.29 is 0 Å². The summed E-state index contributed by atoms with van der Waals surface area (Å²) < 4.78 is 2.61. The van der Waals surface area contributed by atoms with Crippen LogP contribution in [0.2, 0.25) is 0 Å². The van der Waals surface area contributed by atoms with E-state index in [1.54, 1.807) is 0 Å². The van der Waals surface area contributed by atoms with E-state index in [1.165, 1.54) is 36.5 Å². The summed E-state index contributed by atoms with van der Waals surface area (Å²) in [4.78, 5) is 13.0. The van der Waals surface area contributed by atoms with Crippen LogP contribution >= 0.6 is 11.3 Å². The molecule has 4 heteroatoms. The second-order valence-electron chi connectivity index (χ2n) is 14.1. The van der Waals surface area contributed by atoms with Crippen molar-refractivity contribution in [2.24, 2.45) is 0 Å². The number of aromatic nitrogens is 2. The van der Waals surface area contributed by atoms with Crippen molar-refractivity contribution in [1.29, 1.82) is 0 Å². The molecule has 2 aromatic heterocycles. The van der Waals surface area contributed by atoms with Gasteiger partial charge in [-0.05, 0) is 76.5 Å².